The van der Waals surface area contributed by atoms with Crippen LogP contribution in [0.3, 0.4) is 0 Å². The molecule has 1 aromatic carbocycles. The maximum Gasteiger partial charge on any atom is 0.313 e. The van der Waals surface area contributed by atoms with Crippen molar-refractivity contribution in [1.82, 2.24) is 0 Å². The first-order valence-electron chi connectivity index (χ1n) is 5.14. The van der Waals surface area contributed by atoms with Crippen LogP contribution in [0.4, 0.5) is 0 Å². The summed E-state index contributed by atoms with van der Waals surface area (Å²) in [5, 5.41) is 0. The lowest BCUT2D eigenvalue weighted by Gasteiger charge is -2.10. The first-order valence-corrected chi connectivity index (χ1v) is 5.14. The van der Waals surface area contributed by atoms with Gasteiger partial charge in [0.05, 0.1) is 12.6 Å². The largest absolute Gasteiger partial charge is 0.466 e. The third kappa shape index (κ3) is 3.47. The summed E-state index contributed by atoms with van der Waals surface area (Å²) in [6.45, 7) is 1.96. The molecule has 16 heavy (non-hydrogen) atoms. The van der Waals surface area contributed by atoms with Crippen molar-refractivity contribution in [2.45, 2.75) is 19.4 Å². The standard InChI is InChI=1S/C12H15NO3/c1-2-16-11(15)8-10(14)12(13)9-6-4-3-5-7-9/h3-7,12H,2,8,13H2,1H3. The van der Waals surface area contributed by atoms with Crippen LogP contribution in [0.15, 0.2) is 30.3 Å². The zero-order chi connectivity index (χ0) is 12.0. The molecule has 0 saturated carbocycles. The zero-order valence-corrected chi connectivity index (χ0v) is 9.18. The van der Waals surface area contributed by atoms with Gasteiger partial charge in [0.2, 0.25) is 0 Å². The number of ketones is 1. The molecule has 0 aliphatic rings. The van der Waals surface area contributed by atoms with E-state index in [4.69, 9.17) is 5.73 Å². The number of benzene rings is 1. The molecule has 0 aromatic heterocycles. The van der Waals surface area contributed by atoms with E-state index in [1.165, 1.54) is 0 Å². The number of ether oxygens (including phenoxy) is 1. The summed E-state index contributed by atoms with van der Waals surface area (Å²) in [5.41, 5.74) is 6.43. The Bertz CT molecular complexity index is 362. The van der Waals surface area contributed by atoms with Crippen LogP contribution < -0.4 is 5.73 Å². The third-order valence-electron chi connectivity index (χ3n) is 2.13. The highest BCUT2D eigenvalue weighted by Gasteiger charge is 2.19. The molecule has 4 heteroatoms. The summed E-state index contributed by atoms with van der Waals surface area (Å²) >= 11 is 0. The number of Topliss-reactive ketones (excluding diaryl/α,β-unsaturated/α-hetero) is 1. The molecule has 1 unspecified atom stereocenters. The van der Waals surface area contributed by atoms with E-state index in [0.717, 1.165) is 0 Å². The second kappa shape index (κ2) is 6.02. The fourth-order valence-corrected chi connectivity index (χ4v) is 1.31. The summed E-state index contributed by atoms with van der Waals surface area (Å²) in [4.78, 5) is 22.7. The molecule has 0 fully saturated rings. The lowest BCUT2D eigenvalue weighted by atomic mass is 10.0. The van der Waals surface area contributed by atoms with Gasteiger partial charge in [-0.15, -0.1) is 0 Å². The van der Waals surface area contributed by atoms with Crippen LogP contribution >= 0.6 is 0 Å². The number of carbonyl (C=O) groups excluding carboxylic acids is 2. The van der Waals surface area contributed by atoms with Crippen LogP contribution in [0.25, 0.3) is 0 Å². The maximum absolute atomic E-state index is 11.6. The van der Waals surface area contributed by atoms with E-state index >= 15 is 0 Å². The van der Waals surface area contributed by atoms with Crippen LogP contribution in [0.5, 0.6) is 0 Å². The number of rotatable bonds is 5. The normalized spacial score (nSPS) is 11.9. The molecule has 0 bridgehead atoms. The topological polar surface area (TPSA) is 69.4 Å². The molecule has 1 aromatic rings. The van der Waals surface area contributed by atoms with E-state index in [2.05, 4.69) is 4.74 Å². The Kier molecular flexibility index (Phi) is 4.66. The van der Waals surface area contributed by atoms with Crippen molar-refractivity contribution < 1.29 is 14.3 Å². The fourth-order valence-electron chi connectivity index (χ4n) is 1.31. The molecule has 0 saturated heterocycles. The Morgan fingerprint density at radius 1 is 1.31 bits per heavy atom. The summed E-state index contributed by atoms with van der Waals surface area (Å²) in [5.74, 6) is -0.858. The number of hydrogen-bond donors (Lipinski definition) is 1. The summed E-state index contributed by atoms with van der Waals surface area (Å²) in [6, 6.07) is 8.19. The van der Waals surface area contributed by atoms with Gasteiger partial charge in [0.15, 0.2) is 5.78 Å². The predicted octanol–water partition coefficient (Wildman–Crippen LogP) is 1.21. The van der Waals surface area contributed by atoms with Crippen molar-refractivity contribution in [3.8, 4) is 0 Å². The highest BCUT2D eigenvalue weighted by Crippen LogP contribution is 2.12. The molecule has 0 heterocycles. The van der Waals surface area contributed by atoms with Crippen molar-refractivity contribution in [2.24, 2.45) is 5.73 Å². The zero-order valence-electron chi connectivity index (χ0n) is 9.18. The lowest BCUT2D eigenvalue weighted by molar-refractivity contribution is -0.145. The van der Waals surface area contributed by atoms with E-state index in [0.29, 0.717) is 5.56 Å². The van der Waals surface area contributed by atoms with Gasteiger partial charge in [-0.05, 0) is 12.5 Å². The highest BCUT2D eigenvalue weighted by atomic mass is 16.5. The second-order valence-corrected chi connectivity index (χ2v) is 3.34. The summed E-state index contributed by atoms with van der Waals surface area (Å²) in [7, 11) is 0. The molecule has 0 spiro atoms. The van der Waals surface area contributed by atoms with Gasteiger partial charge in [0.25, 0.3) is 0 Å². The van der Waals surface area contributed by atoms with E-state index in [9.17, 15) is 9.59 Å². The molecule has 1 rings (SSSR count). The van der Waals surface area contributed by atoms with Crippen LogP contribution in [0, 0.1) is 0 Å². The number of nitrogens with two attached hydrogens (primary N) is 1. The SMILES string of the molecule is CCOC(=O)CC(=O)C(N)c1ccccc1. The summed E-state index contributed by atoms with van der Waals surface area (Å²) in [6.07, 6.45) is -0.274. The van der Waals surface area contributed by atoms with Gasteiger partial charge in [-0.25, -0.2) is 0 Å². The average Bonchev–Trinajstić information content (AvgIpc) is 2.29. The minimum absolute atomic E-state index is 0.271. The Morgan fingerprint density at radius 2 is 1.94 bits per heavy atom. The first-order chi connectivity index (χ1) is 7.65. The molecule has 0 amide bonds. The molecule has 1 atom stereocenters. The minimum Gasteiger partial charge on any atom is -0.466 e. The van der Waals surface area contributed by atoms with Crippen molar-refractivity contribution in [3.63, 3.8) is 0 Å². The highest BCUT2D eigenvalue weighted by molar-refractivity contribution is 5.98. The fraction of sp³-hybridized carbons (Fsp3) is 0.333. The van der Waals surface area contributed by atoms with Gasteiger partial charge in [0.1, 0.15) is 6.42 Å². The van der Waals surface area contributed by atoms with E-state index < -0.39 is 12.0 Å². The third-order valence-corrected chi connectivity index (χ3v) is 2.13. The van der Waals surface area contributed by atoms with Gasteiger partial charge >= 0.3 is 5.97 Å². The van der Waals surface area contributed by atoms with Crippen LogP contribution in [-0.2, 0) is 14.3 Å². The monoisotopic (exact) mass is 221 g/mol. The van der Waals surface area contributed by atoms with Crippen molar-refractivity contribution in [1.29, 1.82) is 0 Å². The number of esters is 1. The van der Waals surface area contributed by atoms with Gasteiger partial charge in [0, 0.05) is 0 Å². The van der Waals surface area contributed by atoms with Gasteiger partial charge in [-0.2, -0.15) is 0 Å². The van der Waals surface area contributed by atoms with Crippen LogP contribution in [0.1, 0.15) is 24.9 Å². The molecular weight excluding hydrogens is 206 g/mol. The Hall–Kier alpha value is -1.68. The van der Waals surface area contributed by atoms with Gasteiger partial charge in [-0.1, -0.05) is 30.3 Å². The van der Waals surface area contributed by atoms with Crippen molar-refractivity contribution >= 4 is 11.8 Å². The molecule has 0 radical (unpaired) electrons. The Labute approximate surface area is 94.4 Å². The molecule has 2 N–H and O–H groups in total. The quantitative estimate of drug-likeness (QED) is 0.599. The summed E-state index contributed by atoms with van der Waals surface area (Å²) < 4.78 is 4.68. The van der Waals surface area contributed by atoms with E-state index in [-0.39, 0.29) is 18.8 Å². The molecule has 86 valence electrons. The molecular formula is C12H15NO3. The smallest absolute Gasteiger partial charge is 0.313 e. The number of hydrogen-bond acceptors (Lipinski definition) is 4. The number of carbonyl (C=O) groups is 2. The Morgan fingerprint density at radius 3 is 2.50 bits per heavy atom. The Balaban J connectivity index is 2.58. The van der Waals surface area contributed by atoms with Gasteiger partial charge in [-0.3, -0.25) is 9.59 Å². The molecule has 4 nitrogen and oxygen atoms in total. The van der Waals surface area contributed by atoms with Crippen LogP contribution in [0.2, 0.25) is 0 Å². The minimum atomic E-state index is -0.759. The van der Waals surface area contributed by atoms with Crippen LogP contribution in [-0.4, -0.2) is 18.4 Å². The average molecular weight is 221 g/mol. The first kappa shape index (κ1) is 12.4. The predicted molar refractivity (Wildman–Crippen MR) is 59.6 cm³/mol. The lowest BCUT2D eigenvalue weighted by Crippen LogP contribution is -2.24. The molecule has 0 aliphatic carbocycles. The van der Waals surface area contributed by atoms with Crippen molar-refractivity contribution in [3.05, 3.63) is 35.9 Å². The van der Waals surface area contributed by atoms with E-state index in [1.54, 1.807) is 31.2 Å². The van der Waals surface area contributed by atoms with Gasteiger partial charge < -0.3 is 10.5 Å². The second-order valence-electron chi connectivity index (χ2n) is 3.34. The molecule has 0 aliphatic heterocycles. The maximum atomic E-state index is 11.6. The van der Waals surface area contributed by atoms with E-state index in [1.807, 2.05) is 6.07 Å². The van der Waals surface area contributed by atoms with Crippen molar-refractivity contribution in [2.75, 3.05) is 6.61 Å².